The standard InChI is InChI=1S/C19H26FN5O3/c1-3-21-17(22-11-12-4-5-15(26)14(20)10-12)25-8-6-13(7-9-25)19(2)16(27)23-18(28)24-19/h4-5,10,13,26H,3,6-9,11H2,1-2H3,(H,21,22)(H2,23,24,27,28). The van der Waals surface area contributed by atoms with Crippen LogP contribution in [0.3, 0.4) is 0 Å². The van der Waals surface area contributed by atoms with Crippen molar-refractivity contribution < 1.29 is 19.1 Å². The van der Waals surface area contributed by atoms with Crippen molar-refractivity contribution in [1.29, 1.82) is 0 Å². The first-order valence-electron chi connectivity index (χ1n) is 9.47. The highest BCUT2D eigenvalue weighted by atomic mass is 19.1. The summed E-state index contributed by atoms with van der Waals surface area (Å²) in [6.45, 7) is 6.11. The van der Waals surface area contributed by atoms with Gasteiger partial charge >= 0.3 is 6.03 Å². The molecule has 3 rings (SSSR count). The molecule has 0 spiro atoms. The predicted octanol–water partition coefficient (Wildman–Crippen LogP) is 1.31. The fourth-order valence-corrected chi connectivity index (χ4v) is 3.75. The number of hydrogen-bond acceptors (Lipinski definition) is 4. The first-order chi connectivity index (χ1) is 13.3. The number of rotatable bonds is 4. The number of carbonyl (C=O) groups is 2. The fraction of sp³-hybridized carbons (Fsp3) is 0.526. The number of aromatic hydroxyl groups is 1. The first-order valence-corrected chi connectivity index (χ1v) is 9.47. The highest BCUT2D eigenvalue weighted by Crippen LogP contribution is 2.30. The summed E-state index contributed by atoms with van der Waals surface area (Å²) in [6.07, 6.45) is 1.48. The number of piperidine rings is 1. The third-order valence-corrected chi connectivity index (χ3v) is 5.44. The third-order valence-electron chi connectivity index (χ3n) is 5.44. The van der Waals surface area contributed by atoms with Crippen LogP contribution < -0.4 is 16.0 Å². The number of likely N-dealkylation sites (tertiary alicyclic amines) is 1. The van der Waals surface area contributed by atoms with Gasteiger partial charge in [0.2, 0.25) is 0 Å². The normalized spacial score (nSPS) is 23.5. The quantitative estimate of drug-likeness (QED) is 0.352. The summed E-state index contributed by atoms with van der Waals surface area (Å²) >= 11 is 0. The topological polar surface area (TPSA) is 106 Å². The summed E-state index contributed by atoms with van der Waals surface area (Å²) in [7, 11) is 0. The summed E-state index contributed by atoms with van der Waals surface area (Å²) in [5.41, 5.74) is -0.208. The molecule has 28 heavy (non-hydrogen) atoms. The van der Waals surface area contributed by atoms with E-state index in [1.54, 1.807) is 13.0 Å². The van der Waals surface area contributed by atoms with E-state index in [0.717, 1.165) is 18.8 Å². The van der Waals surface area contributed by atoms with E-state index in [2.05, 4.69) is 25.8 Å². The summed E-state index contributed by atoms with van der Waals surface area (Å²) in [5, 5.41) is 17.6. The number of aliphatic imine (C=N–C) groups is 1. The van der Waals surface area contributed by atoms with Crippen molar-refractivity contribution in [2.45, 2.75) is 38.8 Å². The van der Waals surface area contributed by atoms with Crippen LogP contribution in [0.15, 0.2) is 23.2 Å². The van der Waals surface area contributed by atoms with Gasteiger partial charge in [0, 0.05) is 19.6 Å². The zero-order chi connectivity index (χ0) is 20.3. The number of phenolic OH excluding ortho intramolecular Hbond substituents is 1. The molecule has 2 heterocycles. The molecular formula is C19H26FN5O3. The Morgan fingerprint density at radius 2 is 2.11 bits per heavy atom. The second-order valence-corrected chi connectivity index (χ2v) is 7.33. The second-order valence-electron chi connectivity index (χ2n) is 7.33. The molecule has 1 unspecified atom stereocenters. The van der Waals surface area contributed by atoms with Crippen LogP contribution in [0.2, 0.25) is 0 Å². The molecule has 0 aromatic heterocycles. The lowest BCUT2D eigenvalue weighted by atomic mass is 9.79. The largest absolute Gasteiger partial charge is 0.505 e. The van der Waals surface area contributed by atoms with E-state index >= 15 is 0 Å². The first kappa shape index (κ1) is 19.9. The molecule has 0 saturated carbocycles. The highest BCUT2D eigenvalue weighted by molar-refractivity contribution is 6.07. The van der Waals surface area contributed by atoms with Gasteiger partial charge in [-0.1, -0.05) is 6.07 Å². The molecule has 4 N–H and O–H groups in total. The molecule has 2 aliphatic heterocycles. The molecule has 1 atom stereocenters. The number of halogens is 1. The van der Waals surface area contributed by atoms with Gasteiger partial charge in [-0.3, -0.25) is 10.1 Å². The summed E-state index contributed by atoms with van der Waals surface area (Å²) < 4.78 is 13.5. The zero-order valence-electron chi connectivity index (χ0n) is 16.1. The average molecular weight is 391 g/mol. The molecule has 2 aliphatic rings. The number of benzene rings is 1. The van der Waals surface area contributed by atoms with Crippen molar-refractivity contribution in [3.63, 3.8) is 0 Å². The van der Waals surface area contributed by atoms with Crippen molar-refractivity contribution in [3.05, 3.63) is 29.6 Å². The predicted molar refractivity (Wildman–Crippen MR) is 102 cm³/mol. The van der Waals surface area contributed by atoms with E-state index in [0.29, 0.717) is 25.2 Å². The van der Waals surface area contributed by atoms with Gasteiger partial charge in [-0.05, 0) is 50.3 Å². The minimum Gasteiger partial charge on any atom is -0.505 e. The molecule has 9 heteroatoms. The van der Waals surface area contributed by atoms with E-state index in [9.17, 15) is 19.1 Å². The summed E-state index contributed by atoms with van der Waals surface area (Å²) in [6, 6.07) is 3.79. The number of hydrogen-bond donors (Lipinski definition) is 4. The van der Waals surface area contributed by atoms with Crippen molar-refractivity contribution >= 4 is 17.9 Å². The maximum atomic E-state index is 13.5. The molecule has 1 aromatic rings. The molecule has 0 radical (unpaired) electrons. The molecule has 0 bridgehead atoms. The number of nitrogens with one attached hydrogen (secondary N) is 3. The van der Waals surface area contributed by atoms with E-state index < -0.39 is 17.4 Å². The lowest BCUT2D eigenvalue weighted by Crippen LogP contribution is -2.55. The van der Waals surface area contributed by atoms with Crippen LogP contribution in [0, 0.1) is 11.7 Å². The van der Waals surface area contributed by atoms with Gasteiger partial charge in [-0.25, -0.2) is 14.2 Å². The smallest absolute Gasteiger partial charge is 0.322 e. The number of imide groups is 1. The lowest BCUT2D eigenvalue weighted by molar-refractivity contribution is -0.125. The minimum atomic E-state index is -0.873. The van der Waals surface area contributed by atoms with Gasteiger partial charge in [0.25, 0.3) is 5.91 Å². The Morgan fingerprint density at radius 3 is 2.68 bits per heavy atom. The van der Waals surface area contributed by atoms with Crippen molar-refractivity contribution in [3.8, 4) is 5.75 Å². The molecule has 2 fully saturated rings. The van der Waals surface area contributed by atoms with Crippen LogP contribution in [-0.4, -0.2) is 53.1 Å². The Hall–Kier alpha value is -2.84. The number of urea groups is 1. The Balaban J connectivity index is 1.65. The van der Waals surface area contributed by atoms with Crippen LogP contribution in [0.25, 0.3) is 0 Å². The fourth-order valence-electron chi connectivity index (χ4n) is 3.75. The van der Waals surface area contributed by atoms with Crippen molar-refractivity contribution in [2.24, 2.45) is 10.9 Å². The SMILES string of the molecule is CCNC(=NCc1ccc(O)c(F)c1)N1CCC(C2(C)NC(=O)NC2=O)CC1. The van der Waals surface area contributed by atoms with Crippen LogP contribution in [0.4, 0.5) is 9.18 Å². The number of phenols is 1. The van der Waals surface area contributed by atoms with Gasteiger partial charge in [-0.2, -0.15) is 0 Å². The number of nitrogens with zero attached hydrogens (tertiary/aromatic N) is 2. The second kappa shape index (κ2) is 8.04. The Morgan fingerprint density at radius 1 is 1.39 bits per heavy atom. The van der Waals surface area contributed by atoms with E-state index in [-0.39, 0.29) is 24.1 Å². The van der Waals surface area contributed by atoms with Crippen molar-refractivity contribution in [1.82, 2.24) is 20.9 Å². The van der Waals surface area contributed by atoms with Crippen molar-refractivity contribution in [2.75, 3.05) is 19.6 Å². The van der Waals surface area contributed by atoms with E-state index in [4.69, 9.17) is 0 Å². The van der Waals surface area contributed by atoms with Gasteiger partial charge in [-0.15, -0.1) is 0 Å². The van der Waals surface area contributed by atoms with Gasteiger partial charge in [0.15, 0.2) is 17.5 Å². The number of carbonyl (C=O) groups excluding carboxylic acids is 2. The maximum absolute atomic E-state index is 13.5. The van der Waals surface area contributed by atoms with Crippen LogP contribution in [0.1, 0.15) is 32.3 Å². The van der Waals surface area contributed by atoms with E-state index in [1.807, 2.05) is 6.92 Å². The minimum absolute atomic E-state index is 0.0456. The van der Waals surface area contributed by atoms with Crippen LogP contribution >= 0.6 is 0 Å². The monoisotopic (exact) mass is 391 g/mol. The molecule has 1 aromatic carbocycles. The number of guanidine groups is 1. The molecule has 2 saturated heterocycles. The third kappa shape index (κ3) is 4.02. The number of amides is 3. The van der Waals surface area contributed by atoms with Crippen LogP contribution in [-0.2, 0) is 11.3 Å². The van der Waals surface area contributed by atoms with Crippen LogP contribution in [0.5, 0.6) is 5.75 Å². The molecule has 8 nitrogen and oxygen atoms in total. The molecule has 152 valence electrons. The summed E-state index contributed by atoms with van der Waals surface area (Å²) in [4.78, 5) is 30.3. The van der Waals surface area contributed by atoms with Gasteiger partial charge in [0.1, 0.15) is 5.54 Å². The maximum Gasteiger partial charge on any atom is 0.322 e. The van der Waals surface area contributed by atoms with Gasteiger partial charge < -0.3 is 20.6 Å². The lowest BCUT2D eigenvalue weighted by Gasteiger charge is -2.39. The van der Waals surface area contributed by atoms with E-state index in [1.165, 1.54) is 12.1 Å². The molecular weight excluding hydrogens is 365 g/mol. The zero-order valence-corrected chi connectivity index (χ0v) is 16.1. The Labute approximate surface area is 163 Å². The average Bonchev–Trinajstić information content (AvgIpc) is 2.94. The summed E-state index contributed by atoms with van der Waals surface area (Å²) in [5.74, 6) is -0.545. The highest BCUT2D eigenvalue weighted by Gasteiger charge is 2.48. The molecule has 0 aliphatic carbocycles. The Bertz CT molecular complexity index is 792. The Kier molecular flexibility index (Phi) is 5.71. The molecule has 3 amide bonds. The van der Waals surface area contributed by atoms with Gasteiger partial charge in [0.05, 0.1) is 6.54 Å².